The van der Waals surface area contributed by atoms with Crippen LogP contribution in [-0.4, -0.2) is 123 Å². The van der Waals surface area contributed by atoms with Gasteiger partial charge in [0.25, 0.3) is 5.72 Å². The van der Waals surface area contributed by atoms with E-state index >= 15 is 0 Å². The number of aliphatic hydroxyl groups is 1. The molecule has 0 saturated carbocycles. The highest BCUT2D eigenvalue weighted by atomic mass is 16.6. The Morgan fingerprint density at radius 3 is 1.64 bits per heavy atom. The van der Waals surface area contributed by atoms with Crippen LogP contribution in [0.5, 0.6) is 0 Å². The number of ether oxygens (including phenoxy) is 7. The molecule has 0 aliphatic heterocycles. The fourth-order valence-corrected chi connectivity index (χ4v) is 7.45. The lowest BCUT2D eigenvalue weighted by molar-refractivity contribution is -0.967. The van der Waals surface area contributed by atoms with Crippen molar-refractivity contribution in [3.8, 4) is 22.3 Å². The summed E-state index contributed by atoms with van der Waals surface area (Å²) in [4.78, 5) is 0. The third-order valence-electron chi connectivity index (χ3n) is 10.4. The van der Waals surface area contributed by atoms with Crippen LogP contribution in [0.15, 0.2) is 48.5 Å². The number of benzene rings is 3. The van der Waals surface area contributed by atoms with E-state index in [2.05, 4.69) is 90.3 Å². The van der Waals surface area contributed by atoms with Crippen molar-refractivity contribution in [2.45, 2.75) is 38.8 Å². The second kappa shape index (κ2) is 17.2. The topological polar surface area (TPSA) is 84.8 Å². The molecule has 2 aliphatic rings. The Balaban J connectivity index is 1.47. The average Bonchev–Trinajstić information content (AvgIpc) is 3.51. The SMILES string of the molecule is CC[N+](C)(C)C1(OCCOCCOCCOC)c2cc(C)ccc2-c2cc3c(cc21)-c1ccc(C)cc1C3(C)COCCOCCOCCO. The second-order valence-corrected chi connectivity index (χ2v) is 14.1. The summed E-state index contributed by atoms with van der Waals surface area (Å²) in [5, 5.41) is 8.89. The maximum Gasteiger partial charge on any atom is 0.258 e. The fourth-order valence-electron chi connectivity index (χ4n) is 7.45. The molecule has 0 spiro atoms. The van der Waals surface area contributed by atoms with Gasteiger partial charge in [-0.1, -0.05) is 41.5 Å². The van der Waals surface area contributed by atoms with E-state index in [1.165, 1.54) is 55.6 Å². The third-order valence-corrected chi connectivity index (χ3v) is 10.4. The number of nitrogens with zero attached hydrogens (tertiary/aromatic N) is 1. The van der Waals surface area contributed by atoms with Gasteiger partial charge in [0.15, 0.2) is 0 Å². The van der Waals surface area contributed by atoms with E-state index in [4.69, 9.17) is 38.3 Å². The molecule has 1 N–H and O–H groups in total. The van der Waals surface area contributed by atoms with Crippen LogP contribution in [0.1, 0.15) is 47.2 Å². The van der Waals surface area contributed by atoms with Crippen LogP contribution < -0.4 is 0 Å². The molecule has 0 radical (unpaired) electrons. The lowest BCUT2D eigenvalue weighted by Gasteiger charge is -2.46. The smallest absolute Gasteiger partial charge is 0.258 e. The van der Waals surface area contributed by atoms with Gasteiger partial charge in [-0.3, -0.25) is 4.48 Å². The summed E-state index contributed by atoms with van der Waals surface area (Å²) in [5.74, 6) is 0. The second-order valence-electron chi connectivity index (χ2n) is 14.1. The number of aliphatic hydroxyl groups excluding tert-OH is 1. The summed E-state index contributed by atoms with van der Waals surface area (Å²) in [6.45, 7) is 15.6. The highest BCUT2D eigenvalue weighted by Crippen LogP contribution is 2.58. The fraction of sp³-hybridized carbons (Fsp3) is 0.561. The van der Waals surface area contributed by atoms with Crippen LogP contribution in [0.25, 0.3) is 22.3 Å². The van der Waals surface area contributed by atoms with Crippen molar-refractivity contribution in [1.82, 2.24) is 0 Å². The molecule has 0 bridgehead atoms. The van der Waals surface area contributed by atoms with Gasteiger partial charge in [0.1, 0.15) is 0 Å². The van der Waals surface area contributed by atoms with Crippen LogP contribution in [-0.2, 0) is 44.3 Å². The average molecular weight is 693 g/mol. The van der Waals surface area contributed by atoms with E-state index in [1.54, 1.807) is 7.11 Å². The molecule has 50 heavy (non-hydrogen) atoms. The summed E-state index contributed by atoms with van der Waals surface area (Å²) in [6.07, 6.45) is 0. The minimum Gasteiger partial charge on any atom is -0.394 e. The zero-order chi connectivity index (χ0) is 35.8. The molecule has 0 amide bonds. The first-order chi connectivity index (χ1) is 24.1. The Morgan fingerprint density at radius 1 is 0.580 bits per heavy atom. The van der Waals surface area contributed by atoms with Crippen molar-refractivity contribution in [2.24, 2.45) is 0 Å². The Hall–Kier alpha value is -2.70. The van der Waals surface area contributed by atoms with Crippen LogP contribution in [0.4, 0.5) is 0 Å². The van der Waals surface area contributed by atoms with E-state index < -0.39 is 5.72 Å². The zero-order valence-electron chi connectivity index (χ0n) is 31.3. The van der Waals surface area contributed by atoms with E-state index in [1.807, 2.05) is 0 Å². The van der Waals surface area contributed by atoms with Crippen molar-refractivity contribution < 1.29 is 42.7 Å². The standard InChI is InChI=1S/C41H58NO8/c1-8-42(5,6)41(50-24-23-48-20-19-46-16-15-44-7)38-26-31(3)10-12-33(38)35-27-37-34(28-39(35)41)32-11-9-30(2)25-36(32)40(37,4)29-49-22-21-47-18-17-45-14-13-43/h9-12,25-28,43H,8,13-24,29H2,1-7H3/q+1. The molecule has 0 heterocycles. The molecule has 0 fully saturated rings. The van der Waals surface area contributed by atoms with Crippen molar-refractivity contribution in [3.63, 3.8) is 0 Å². The Labute approximate surface area is 298 Å². The number of fused-ring (bicyclic) bond motifs is 6. The Morgan fingerprint density at radius 2 is 1.04 bits per heavy atom. The van der Waals surface area contributed by atoms with Gasteiger partial charge in [-0.05, 0) is 79.3 Å². The van der Waals surface area contributed by atoms with Gasteiger partial charge in [-0.2, -0.15) is 0 Å². The molecular weight excluding hydrogens is 634 g/mol. The van der Waals surface area contributed by atoms with Gasteiger partial charge < -0.3 is 38.3 Å². The Bertz CT molecular complexity index is 1570. The molecule has 9 nitrogen and oxygen atoms in total. The number of aryl methyl sites for hydroxylation is 2. The summed E-state index contributed by atoms with van der Waals surface area (Å²) in [7, 11) is 6.22. The molecule has 2 aliphatic carbocycles. The first-order valence-corrected chi connectivity index (χ1v) is 18.0. The van der Waals surface area contributed by atoms with Crippen LogP contribution in [0.2, 0.25) is 0 Å². The largest absolute Gasteiger partial charge is 0.394 e. The molecule has 5 rings (SSSR count). The Kier molecular flexibility index (Phi) is 13.3. The van der Waals surface area contributed by atoms with Gasteiger partial charge in [-0.15, -0.1) is 0 Å². The highest BCUT2D eigenvalue weighted by molar-refractivity contribution is 5.89. The van der Waals surface area contributed by atoms with Crippen molar-refractivity contribution in [1.29, 1.82) is 0 Å². The summed E-state index contributed by atoms with van der Waals surface area (Å²) >= 11 is 0. The first kappa shape index (κ1) is 38.5. The number of hydrogen-bond acceptors (Lipinski definition) is 8. The van der Waals surface area contributed by atoms with E-state index in [0.717, 1.165) is 6.54 Å². The summed E-state index contributed by atoms with van der Waals surface area (Å²) < 4.78 is 41.8. The minimum atomic E-state index is -0.725. The highest BCUT2D eigenvalue weighted by Gasteiger charge is 2.57. The molecule has 9 heteroatoms. The van der Waals surface area contributed by atoms with Crippen molar-refractivity contribution >= 4 is 0 Å². The molecule has 3 aromatic rings. The maximum absolute atomic E-state index is 8.89. The molecule has 274 valence electrons. The van der Waals surface area contributed by atoms with Crippen molar-refractivity contribution in [2.75, 3.05) is 114 Å². The monoisotopic (exact) mass is 692 g/mol. The molecule has 0 saturated heterocycles. The van der Waals surface area contributed by atoms with Gasteiger partial charge >= 0.3 is 0 Å². The van der Waals surface area contributed by atoms with Crippen LogP contribution >= 0.6 is 0 Å². The number of methoxy groups -OCH3 is 1. The predicted octanol–water partition coefficient (Wildman–Crippen LogP) is 5.61. The lowest BCUT2D eigenvalue weighted by atomic mass is 9.79. The number of rotatable bonds is 22. The number of hydrogen-bond donors (Lipinski definition) is 1. The molecule has 2 unspecified atom stereocenters. The van der Waals surface area contributed by atoms with Crippen molar-refractivity contribution in [3.05, 3.63) is 81.9 Å². The van der Waals surface area contributed by atoms with Gasteiger partial charge in [0, 0.05) is 12.5 Å². The van der Waals surface area contributed by atoms with Gasteiger partial charge in [0.2, 0.25) is 0 Å². The first-order valence-electron chi connectivity index (χ1n) is 18.0. The van der Waals surface area contributed by atoms with E-state index in [9.17, 15) is 0 Å². The minimum absolute atomic E-state index is 0.0174. The number of quaternary nitrogens is 1. The maximum atomic E-state index is 8.89. The van der Waals surface area contributed by atoms with E-state index in [-0.39, 0.29) is 12.0 Å². The normalized spacial score (nSPS) is 19.0. The molecule has 3 aromatic carbocycles. The van der Waals surface area contributed by atoms with Crippen LogP contribution in [0, 0.1) is 13.8 Å². The van der Waals surface area contributed by atoms with Gasteiger partial charge in [0.05, 0.1) is 118 Å². The predicted molar refractivity (Wildman–Crippen MR) is 196 cm³/mol. The molecule has 2 atom stereocenters. The zero-order valence-corrected chi connectivity index (χ0v) is 31.3. The third kappa shape index (κ3) is 7.72. The summed E-state index contributed by atoms with van der Waals surface area (Å²) in [6, 6.07) is 18.4. The lowest BCUT2D eigenvalue weighted by Crippen LogP contribution is -2.58. The summed E-state index contributed by atoms with van der Waals surface area (Å²) in [5.41, 5.74) is 11.2. The quantitative estimate of drug-likeness (QED) is 0.0828. The molecular formula is C41H58NO8+. The molecule has 0 aromatic heterocycles. The van der Waals surface area contributed by atoms with E-state index in [0.29, 0.717) is 83.8 Å². The van der Waals surface area contributed by atoms with Crippen LogP contribution in [0.3, 0.4) is 0 Å². The van der Waals surface area contributed by atoms with Gasteiger partial charge in [-0.25, -0.2) is 0 Å².